The van der Waals surface area contributed by atoms with Gasteiger partial charge in [-0.1, -0.05) is 41.9 Å². The highest BCUT2D eigenvalue weighted by atomic mass is 79.9. The van der Waals surface area contributed by atoms with Gasteiger partial charge in [0.05, 0.1) is 0 Å². The molecule has 3 N–H and O–H groups in total. The zero-order valence-corrected chi connectivity index (χ0v) is 11.8. The summed E-state index contributed by atoms with van der Waals surface area (Å²) in [5.41, 5.74) is 7.19. The molecule has 0 aliphatic rings. The molecule has 1 rings (SSSR count). The number of nitrogens with one attached hydrogen (secondary N) is 1. The van der Waals surface area contributed by atoms with Gasteiger partial charge in [0.2, 0.25) is 0 Å². The lowest BCUT2D eigenvalue weighted by atomic mass is 9.84. The summed E-state index contributed by atoms with van der Waals surface area (Å²) in [6.07, 6.45) is 0. The van der Waals surface area contributed by atoms with E-state index in [1.807, 2.05) is 6.92 Å². The minimum Gasteiger partial charge on any atom is -0.327 e. The molecule has 0 saturated heterocycles. The van der Waals surface area contributed by atoms with Crippen LogP contribution in [-0.4, -0.2) is 19.1 Å². The number of hydrogen-bond acceptors (Lipinski definition) is 2. The van der Waals surface area contributed by atoms with E-state index in [1.54, 1.807) is 0 Å². The van der Waals surface area contributed by atoms with Crippen LogP contribution in [0, 0.1) is 0 Å². The second kappa shape index (κ2) is 5.80. The first-order valence-electron chi connectivity index (χ1n) is 5.64. The van der Waals surface area contributed by atoms with Crippen molar-refractivity contribution in [2.45, 2.75) is 32.2 Å². The van der Waals surface area contributed by atoms with Crippen molar-refractivity contribution in [1.82, 2.24) is 5.32 Å². The predicted octanol–water partition coefficient (Wildman–Crippen LogP) is 2.66. The van der Waals surface area contributed by atoms with Gasteiger partial charge in [-0.15, -0.1) is 0 Å². The molecule has 0 saturated carbocycles. The molecule has 90 valence electrons. The Labute approximate surface area is 107 Å². The highest BCUT2D eigenvalue weighted by molar-refractivity contribution is 9.10. The number of nitrogens with two attached hydrogens (primary N) is 1. The smallest absolute Gasteiger partial charge is 0.0175 e. The quantitative estimate of drug-likeness (QED) is 0.873. The van der Waals surface area contributed by atoms with Gasteiger partial charge in [0.1, 0.15) is 0 Å². The van der Waals surface area contributed by atoms with Crippen molar-refractivity contribution >= 4 is 15.9 Å². The fourth-order valence-corrected chi connectivity index (χ4v) is 1.88. The zero-order chi connectivity index (χ0) is 12.2. The fourth-order valence-electron chi connectivity index (χ4n) is 1.62. The average Bonchev–Trinajstić information content (AvgIpc) is 2.17. The minimum atomic E-state index is 0.135. The Hall–Kier alpha value is -0.380. The molecule has 0 heterocycles. The summed E-state index contributed by atoms with van der Waals surface area (Å²) >= 11 is 3.45. The van der Waals surface area contributed by atoms with Crippen LogP contribution in [-0.2, 0) is 5.41 Å². The van der Waals surface area contributed by atoms with Gasteiger partial charge in [0, 0.05) is 29.0 Å². The monoisotopic (exact) mass is 284 g/mol. The maximum absolute atomic E-state index is 5.71. The highest BCUT2D eigenvalue weighted by Gasteiger charge is 2.19. The van der Waals surface area contributed by atoms with Crippen LogP contribution in [0.3, 0.4) is 0 Å². The lowest BCUT2D eigenvalue weighted by Gasteiger charge is -2.26. The standard InChI is InChI=1S/C13H21BrN2/c1-10(15)8-16-9-13(2,3)11-4-6-12(14)7-5-11/h4-7,10,16H,8-9,15H2,1-3H3. The predicted molar refractivity (Wildman–Crippen MR) is 73.7 cm³/mol. The summed E-state index contributed by atoms with van der Waals surface area (Å²) < 4.78 is 1.12. The van der Waals surface area contributed by atoms with Crippen LogP contribution in [0.1, 0.15) is 26.3 Å². The molecule has 0 bridgehead atoms. The van der Waals surface area contributed by atoms with Gasteiger partial charge < -0.3 is 11.1 Å². The van der Waals surface area contributed by atoms with E-state index in [0.29, 0.717) is 0 Å². The van der Waals surface area contributed by atoms with E-state index in [-0.39, 0.29) is 11.5 Å². The van der Waals surface area contributed by atoms with Gasteiger partial charge in [0.15, 0.2) is 0 Å². The van der Waals surface area contributed by atoms with Crippen LogP contribution in [0.4, 0.5) is 0 Å². The molecule has 2 nitrogen and oxygen atoms in total. The van der Waals surface area contributed by atoms with Gasteiger partial charge in [-0.2, -0.15) is 0 Å². The largest absolute Gasteiger partial charge is 0.327 e. The Morgan fingerprint density at radius 1 is 1.31 bits per heavy atom. The van der Waals surface area contributed by atoms with Crippen LogP contribution < -0.4 is 11.1 Å². The Kier molecular flexibility index (Phi) is 4.96. The molecule has 0 spiro atoms. The van der Waals surface area contributed by atoms with Gasteiger partial charge in [-0.3, -0.25) is 0 Å². The summed E-state index contributed by atoms with van der Waals surface area (Å²) in [7, 11) is 0. The molecule has 1 aromatic rings. The number of halogens is 1. The summed E-state index contributed by atoms with van der Waals surface area (Å²) in [5, 5.41) is 3.40. The minimum absolute atomic E-state index is 0.135. The molecule has 0 fully saturated rings. The molecule has 16 heavy (non-hydrogen) atoms. The normalized spacial score (nSPS) is 13.8. The van der Waals surface area contributed by atoms with E-state index >= 15 is 0 Å². The Morgan fingerprint density at radius 3 is 2.38 bits per heavy atom. The van der Waals surface area contributed by atoms with Crippen molar-refractivity contribution in [2.75, 3.05) is 13.1 Å². The topological polar surface area (TPSA) is 38.0 Å². The lowest BCUT2D eigenvalue weighted by molar-refractivity contribution is 0.458. The number of rotatable bonds is 5. The summed E-state index contributed by atoms with van der Waals surface area (Å²) in [5.74, 6) is 0. The molecule has 1 aromatic carbocycles. The molecule has 0 aliphatic carbocycles. The first-order chi connectivity index (χ1) is 7.42. The van der Waals surface area contributed by atoms with E-state index in [4.69, 9.17) is 5.73 Å². The van der Waals surface area contributed by atoms with E-state index < -0.39 is 0 Å². The third kappa shape index (κ3) is 4.24. The third-order valence-electron chi connectivity index (χ3n) is 2.66. The highest BCUT2D eigenvalue weighted by Crippen LogP contribution is 2.23. The van der Waals surface area contributed by atoms with Crippen molar-refractivity contribution in [3.63, 3.8) is 0 Å². The Bertz CT molecular complexity index is 317. The van der Waals surface area contributed by atoms with Crippen LogP contribution in [0.2, 0.25) is 0 Å². The third-order valence-corrected chi connectivity index (χ3v) is 3.19. The van der Waals surface area contributed by atoms with Crippen LogP contribution in [0.5, 0.6) is 0 Å². The second-order valence-corrected chi connectivity index (χ2v) is 5.91. The summed E-state index contributed by atoms with van der Waals surface area (Å²) in [4.78, 5) is 0. The molecular weight excluding hydrogens is 264 g/mol. The Morgan fingerprint density at radius 2 is 1.88 bits per heavy atom. The van der Waals surface area contributed by atoms with Crippen molar-refractivity contribution in [2.24, 2.45) is 5.73 Å². The van der Waals surface area contributed by atoms with Gasteiger partial charge in [-0.05, 0) is 24.6 Å². The molecule has 1 unspecified atom stereocenters. The number of hydrogen-bond donors (Lipinski definition) is 2. The van der Waals surface area contributed by atoms with Gasteiger partial charge in [0.25, 0.3) is 0 Å². The van der Waals surface area contributed by atoms with Crippen LogP contribution >= 0.6 is 15.9 Å². The average molecular weight is 285 g/mol. The molecule has 1 atom stereocenters. The van der Waals surface area contributed by atoms with E-state index in [1.165, 1.54) is 5.56 Å². The van der Waals surface area contributed by atoms with Crippen molar-refractivity contribution in [3.05, 3.63) is 34.3 Å². The second-order valence-electron chi connectivity index (χ2n) is 5.00. The van der Waals surface area contributed by atoms with Gasteiger partial charge in [-0.25, -0.2) is 0 Å². The van der Waals surface area contributed by atoms with Crippen LogP contribution in [0.15, 0.2) is 28.7 Å². The van der Waals surface area contributed by atoms with Crippen molar-refractivity contribution < 1.29 is 0 Å². The molecule has 0 aliphatic heterocycles. The molecule has 3 heteroatoms. The van der Waals surface area contributed by atoms with E-state index in [2.05, 4.69) is 59.4 Å². The van der Waals surface area contributed by atoms with Crippen LogP contribution in [0.25, 0.3) is 0 Å². The molecule has 0 radical (unpaired) electrons. The van der Waals surface area contributed by atoms with Crippen molar-refractivity contribution in [1.29, 1.82) is 0 Å². The van der Waals surface area contributed by atoms with Gasteiger partial charge >= 0.3 is 0 Å². The number of benzene rings is 1. The Balaban J connectivity index is 2.59. The van der Waals surface area contributed by atoms with E-state index in [0.717, 1.165) is 17.6 Å². The zero-order valence-electron chi connectivity index (χ0n) is 10.3. The first-order valence-corrected chi connectivity index (χ1v) is 6.43. The molecule has 0 aromatic heterocycles. The maximum atomic E-state index is 5.71. The maximum Gasteiger partial charge on any atom is 0.0175 e. The van der Waals surface area contributed by atoms with E-state index in [9.17, 15) is 0 Å². The van der Waals surface area contributed by atoms with Crippen molar-refractivity contribution in [3.8, 4) is 0 Å². The lowest BCUT2D eigenvalue weighted by Crippen LogP contribution is -2.38. The molecular formula is C13H21BrN2. The fraction of sp³-hybridized carbons (Fsp3) is 0.538. The summed E-state index contributed by atoms with van der Waals surface area (Å²) in [6.45, 7) is 8.30. The molecule has 0 amide bonds. The summed E-state index contributed by atoms with van der Waals surface area (Å²) in [6, 6.07) is 8.71. The first kappa shape index (κ1) is 13.7. The SMILES string of the molecule is CC(N)CNCC(C)(C)c1ccc(Br)cc1.